The maximum atomic E-state index is 12.4. The van der Waals surface area contributed by atoms with Crippen molar-refractivity contribution in [2.75, 3.05) is 7.05 Å². The third kappa shape index (κ3) is 2.48. The molecule has 3 rings (SSSR count). The Morgan fingerprint density at radius 2 is 2.20 bits per heavy atom. The summed E-state index contributed by atoms with van der Waals surface area (Å²) in [6.45, 7) is 0.763. The Morgan fingerprint density at radius 3 is 3.05 bits per heavy atom. The Morgan fingerprint density at radius 1 is 1.35 bits per heavy atom. The molecule has 4 heteroatoms. The molecule has 2 unspecified atom stereocenters. The number of nitrogens with one attached hydrogen (secondary N) is 1. The van der Waals surface area contributed by atoms with Gasteiger partial charge in [-0.25, -0.2) is 4.98 Å². The number of para-hydroxylation sites is 1. The first-order valence-corrected chi connectivity index (χ1v) is 7.41. The van der Waals surface area contributed by atoms with Crippen LogP contribution in [0.25, 0.3) is 10.9 Å². The molecule has 1 aromatic heterocycles. The number of aryl methyl sites for hydroxylation is 1. The Kier molecular flexibility index (Phi) is 3.83. The van der Waals surface area contributed by atoms with Crippen molar-refractivity contribution in [3.63, 3.8) is 0 Å². The number of nitrogens with zero attached hydrogens (tertiary/aromatic N) is 2. The summed E-state index contributed by atoms with van der Waals surface area (Å²) in [5.74, 6) is 0.679. The molecule has 1 aromatic carbocycles. The highest BCUT2D eigenvalue weighted by atomic mass is 16.1. The molecule has 1 aliphatic carbocycles. The number of hydrogen-bond donors (Lipinski definition) is 1. The fourth-order valence-electron chi connectivity index (χ4n) is 3.33. The molecule has 2 atom stereocenters. The van der Waals surface area contributed by atoms with E-state index in [-0.39, 0.29) is 5.56 Å². The fourth-order valence-corrected chi connectivity index (χ4v) is 3.33. The van der Waals surface area contributed by atoms with Crippen molar-refractivity contribution in [3.8, 4) is 0 Å². The summed E-state index contributed by atoms with van der Waals surface area (Å²) in [7, 11) is 2.03. The van der Waals surface area contributed by atoms with E-state index < -0.39 is 0 Å². The predicted molar refractivity (Wildman–Crippen MR) is 80.8 cm³/mol. The summed E-state index contributed by atoms with van der Waals surface area (Å²) < 4.78 is 1.76. The van der Waals surface area contributed by atoms with Gasteiger partial charge in [0.15, 0.2) is 0 Å². The average Bonchev–Trinajstić information content (AvgIpc) is 2.94. The van der Waals surface area contributed by atoms with E-state index in [1.807, 2.05) is 31.3 Å². The van der Waals surface area contributed by atoms with Gasteiger partial charge in [0, 0.05) is 12.6 Å². The molecule has 2 aromatic rings. The van der Waals surface area contributed by atoms with E-state index >= 15 is 0 Å². The lowest BCUT2D eigenvalue weighted by Gasteiger charge is -2.19. The van der Waals surface area contributed by atoms with E-state index in [1.54, 1.807) is 10.9 Å². The maximum absolute atomic E-state index is 12.4. The zero-order valence-electron chi connectivity index (χ0n) is 11.9. The summed E-state index contributed by atoms with van der Waals surface area (Å²) in [4.78, 5) is 16.8. The van der Waals surface area contributed by atoms with Crippen LogP contribution in [0.3, 0.4) is 0 Å². The lowest BCUT2D eigenvalue weighted by atomic mass is 10.00. The molecule has 1 heterocycles. The molecule has 1 fully saturated rings. The molecule has 0 spiro atoms. The van der Waals surface area contributed by atoms with E-state index in [4.69, 9.17) is 0 Å². The molecule has 0 bridgehead atoms. The van der Waals surface area contributed by atoms with Gasteiger partial charge in [-0.1, -0.05) is 18.6 Å². The average molecular weight is 271 g/mol. The second kappa shape index (κ2) is 5.75. The lowest BCUT2D eigenvalue weighted by molar-refractivity contribution is 0.375. The number of rotatable bonds is 4. The van der Waals surface area contributed by atoms with Gasteiger partial charge in [0.05, 0.1) is 17.2 Å². The van der Waals surface area contributed by atoms with Crippen molar-refractivity contribution in [2.24, 2.45) is 5.92 Å². The van der Waals surface area contributed by atoms with Crippen LogP contribution in [-0.2, 0) is 6.54 Å². The van der Waals surface area contributed by atoms with Crippen molar-refractivity contribution in [1.29, 1.82) is 0 Å². The van der Waals surface area contributed by atoms with Crippen LogP contribution in [0, 0.1) is 5.92 Å². The third-order valence-corrected chi connectivity index (χ3v) is 4.50. The molecule has 4 nitrogen and oxygen atoms in total. The van der Waals surface area contributed by atoms with Crippen molar-refractivity contribution in [2.45, 2.75) is 38.3 Å². The standard InChI is InChI=1S/C16H21N3O/c1-17-14-8-4-5-12(14)9-10-19-11-18-15-7-3-2-6-13(15)16(19)20/h2-3,6-7,11-12,14,17H,4-5,8-10H2,1H3. The summed E-state index contributed by atoms with van der Waals surface area (Å²) in [5.41, 5.74) is 0.859. The second-order valence-corrected chi connectivity index (χ2v) is 5.64. The highest BCUT2D eigenvalue weighted by molar-refractivity contribution is 5.76. The molecule has 0 radical (unpaired) electrons. The van der Waals surface area contributed by atoms with Crippen molar-refractivity contribution in [3.05, 3.63) is 40.9 Å². The van der Waals surface area contributed by atoms with Crippen LogP contribution in [0.1, 0.15) is 25.7 Å². The topological polar surface area (TPSA) is 46.9 Å². The van der Waals surface area contributed by atoms with E-state index in [0.29, 0.717) is 17.3 Å². The maximum Gasteiger partial charge on any atom is 0.261 e. The SMILES string of the molecule is CNC1CCCC1CCn1cnc2ccccc2c1=O. The Bertz CT molecular complexity index is 649. The van der Waals surface area contributed by atoms with Gasteiger partial charge in [-0.3, -0.25) is 9.36 Å². The van der Waals surface area contributed by atoms with Crippen LogP contribution in [0.4, 0.5) is 0 Å². The van der Waals surface area contributed by atoms with E-state index in [2.05, 4.69) is 10.3 Å². The summed E-state index contributed by atoms with van der Waals surface area (Å²) in [6.07, 6.45) is 6.55. The minimum absolute atomic E-state index is 0.0783. The quantitative estimate of drug-likeness (QED) is 0.927. The smallest absolute Gasteiger partial charge is 0.261 e. The minimum atomic E-state index is 0.0783. The molecule has 106 valence electrons. The van der Waals surface area contributed by atoms with E-state index in [0.717, 1.165) is 18.5 Å². The fraction of sp³-hybridized carbons (Fsp3) is 0.500. The van der Waals surface area contributed by atoms with Crippen LogP contribution >= 0.6 is 0 Å². The number of benzene rings is 1. The largest absolute Gasteiger partial charge is 0.317 e. The van der Waals surface area contributed by atoms with Gasteiger partial charge in [-0.05, 0) is 44.4 Å². The van der Waals surface area contributed by atoms with Crippen LogP contribution in [0.2, 0.25) is 0 Å². The molecule has 20 heavy (non-hydrogen) atoms. The Balaban J connectivity index is 1.78. The number of fused-ring (bicyclic) bond motifs is 1. The zero-order chi connectivity index (χ0) is 13.9. The first-order valence-electron chi connectivity index (χ1n) is 7.41. The lowest BCUT2D eigenvalue weighted by Crippen LogP contribution is -2.30. The van der Waals surface area contributed by atoms with Gasteiger partial charge in [0.25, 0.3) is 5.56 Å². The molecule has 1 aliphatic rings. The van der Waals surface area contributed by atoms with Crippen LogP contribution in [0.5, 0.6) is 0 Å². The highest BCUT2D eigenvalue weighted by Crippen LogP contribution is 2.28. The highest BCUT2D eigenvalue weighted by Gasteiger charge is 2.25. The Hall–Kier alpha value is -1.68. The molecule has 0 aliphatic heterocycles. The molecule has 0 amide bonds. The monoisotopic (exact) mass is 271 g/mol. The van der Waals surface area contributed by atoms with Crippen molar-refractivity contribution >= 4 is 10.9 Å². The van der Waals surface area contributed by atoms with E-state index in [9.17, 15) is 4.79 Å². The number of aromatic nitrogens is 2. The summed E-state index contributed by atoms with van der Waals surface area (Å²) >= 11 is 0. The summed E-state index contributed by atoms with van der Waals surface area (Å²) in [5, 5.41) is 4.11. The van der Waals surface area contributed by atoms with Gasteiger partial charge in [-0.15, -0.1) is 0 Å². The summed E-state index contributed by atoms with van der Waals surface area (Å²) in [6, 6.07) is 8.15. The van der Waals surface area contributed by atoms with E-state index in [1.165, 1.54) is 19.3 Å². The van der Waals surface area contributed by atoms with Crippen LogP contribution in [0.15, 0.2) is 35.4 Å². The minimum Gasteiger partial charge on any atom is -0.317 e. The van der Waals surface area contributed by atoms with Gasteiger partial charge >= 0.3 is 0 Å². The number of hydrogen-bond acceptors (Lipinski definition) is 3. The normalized spacial score (nSPS) is 22.4. The predicted octanol–water partition coefficient (Wildman–Crippen LogP) is 2.17. The first kappa shape index (κ1) is 13.3. The molecule has 1 saturated carbocycles. The van der Waals surface area contributed by atoms with Gasteiger partial charge < -0.3 is 5.32 Å². The molecule has 0 saturated heterocycles. The van der Waals surface area contributed by atoms with Crippen LogP contribution < -0.4 is 10.9 Å². The first-order chi connectivity index (χ1) is 9.79. The Labute approximate surface area is 118 Å². The van der Waals surface area contributed by atoms with Gasteiger partial charge in [0.1, 0.15) is 0 Å². The second-order valence-electron chi connectivity index (χ2n) is 5.64. The van der Waals surface area contributed by atoms with Crippen molar-refractivity contribution in [1.82, 2.24) is 14.9 Å². The molecular weight excluding hydrogens is 250 g/mol. The third-order valence-electron chi connectivity index (χ3n) is 4.50. The zero-order valence-corrected chi connectivity index (χ0v) is 11.9. The van der Waals surface area contributed by atoms with Crippen LogP contribution in [-0.4, -0.2) is 22.6 Å². The van der Waals surface area contributed by atoms with Gasteiger partial charge in [-0.2, -0.15) is 0 Å². The van der Waals surface area contributed by atoms with Gasteiger partial charge in [0.2, 0.25) is 0 Å². The molecular formula is C16H21N3O. The molecule has 1 N–H and O–H groups in total. The van der Waals surface area contributed by atoms with Crippen molar-refractivity contribution < 1.29 is 0 Å².